The van der Waals surface area contributed by atoms with E-state index in [4.69, 9.17) is 4.74 Å². The highest BCUT2D eigenvalue weighted by atomic mass is 32.1. The summed E-state index contributed by atoms with van der Waals surface area (Å²) >= 11 is 1.35. The van der Waals surface area contributed by atoms with E-state index in [9.17, 15) is 9.59 Å². The molecule has 0 aromatic carbocycles. The van der Waals surface area contributed by atoms with Gasteiger partial charge in [0.15, 0.2) is 0 Å². The molecule has 0 N–H and O–H groups in total. The van der Waals surface area contributed by atoms with Crippen LogP contribution in [0, 0.1) is 6.92 Å². The van der Waals surface area contributed by atoms with E-state index < -0.39 is 17.5 Å². The fourth-order valence-electron chi connectivity index (χ4n) is 1.97. The summed E-state index contributed by atoms with van der Waals surface area (Å²) in [6, 6.07) is 0. The molecule has 1 amide bonds. The Hall–Kier alpha value is -1.70. The Bertz CT molecular complexity index is 530. The summed E-state index contributed by atoms with van der Waals surface area (Å²) in [7, 11) is 0. The Morgan fingerprint density at radius 1 is 1.19 bits per heavy atom. The van der Waals surface area contributed by atoms with Crippen LogP contribution in [0.25, 0.3) is 0 Å². The lowest BCUT2D eigenvalue weighted by molar-refractivity contribution is -0.168. The van der Waals surface area contributed by atoms with Crippen molar-refractivity contribution in [3.8, 4) is 0 Å². The molecule has 2 rings (SSSR count). The number of carbonyl (C=O) groups is 2. The average Bonchev–Trinajstić information content (AvgIpc) is 2.83. The van der Waals surface area contributed by atoms with Crippen LogP contribution in [0.4, 0.5) is 5.13 Å². The van der Waals surface area contributed by atoms with Crippen LogP contribution in [0.15, 0.2) is 0 Å². The number of aromatic nitrogens is 2. The predicted molar refractivity (Wildman–Crippen MR) is 79.3 cm³/mol. The third kappa shape index (κ3) is 4.13. The van der Waals surface area contributed by atoms with Crippen molar-refractivity contribution >= 4 is 28.5 Å². The van der Waals surface area contributed by atoms with Gasteiger partial charge in [-0.25, -0.2) is 9.78 Å². The first-order valence-electron chi connectivity index (χ1n) is 6.84. The second kappa shape index (κ2) is 5.97. The summed E-state index contributed by atoms with van der Waals surface area (Å²) in [4.78, 5) is 31.7. The summed E-state index contributed by atoms with van der Waals surface area (Å²) in [5.41, 5.74) is -0.654. The van der Waals surface area contributed by atoms with Gasteiger partial charge in [0.05, 0.1) is 0 Å². The number of hydrogen-bond donors (Lipinski definition) is 0. The van der Waals surface area contributed by atoms with E-state index in [1.165, 1.54) is 16.4 Å². The minimum absolute atomic E-state index is 0.483. The molecule has 0 spiro atoms. The SMILES string of the molecule is Cc1nsc(N2CCN(C(=O)C(=O)OC(C)(C)C)CC2)n1. The first-order valence-corrected chi connectivity index (χ1v) is 7.61. The normalized spacial score (nSPS) is 16.0. The number of nitrogens with zero attached hydrogens (tertiary/aromatic N) is 4. The Balaban J connectivity index is 1.89. The average molecular weight is 312 g/mol. The molecular weight excluding hydrogens is 292 g/mol. The molecule has 0 saturated carbocycles. The second-order valence-corrected chi connectivity index (χ2v) is 6.64. The molecule has 1 aliphatic heterocycles. The highest BCUT2D eigenvalue weighted by molar-refractivity contribution is 7.09. The zero-order chi connectivity index (χ0) is 15.6. The van der Waals surface area contributed by atoms with E-state index in [0.29, 0.717) is 26.2 Å². The van der Waals surface area contributed by atoms with Crippen LogP contribution in [-0.4, -0.2) is 57.9 Å². The van der Waals surface area contributed by atoms with Gasteiger partial charge in [-0.2, -0.15) is 4.37 Å². The molecule has 1 saturated heterocycles. The molecule has 0 atom stereocenters. The van der Waals surface area contributed by atoms with Crippen molar-refractivity contribution in [2.24, 2.45) is 0 Å². The van der Waals surface area contributed by atoms with E-state index in [0.717, 1.165) is 11.0 Å². The minimum Gasteiger partial charge on any atom is -0.453 e. The summed E-state index contributed by atoms with van der Waals surface area (Å²) in [5.74, 6) is -0.608. The lowest BCUT2D eigenvalue weighted by atomic mass is 10.2. The molecule has 1 aromatic rings. The van der Waals surface area contributed by atoms with Crippen molar-refractivity contribution in [2.45, 2.75) is 33.3 Å². The maximum atomic E-state index is 12.0. The van der Waals surface area contributed by atoms with Gasteiger partial charge in [0.1, 0.15) is 11.4 Å². The summed E-state index contributed by atoms with van der Waals surface area (Å²) in [5, 5.41) is 0.858. The van der Waals surface area contributed by atoms with Crippen LogP contribution >= 0.6 is 11.5 Å². The van der Waals surface area contributed by atoms with Gasteiger partial charge in [-0.15, -0.1) is 0 Å². The van der Waals surface area contributed by atoms with Crippen molar-refractivity contribution in [1.29, 1.82) is 0 Å². The Morgan fingerprint density at radius 3 is 2.29 bits per heavy atom. The summed E-state index contributed by atoms with van der Waals surface area (Å²) in [6.45, 7) is 9.33. The third-order valence-electron chi connectivity index (χ3n) is 2.93. The highest BCUT2D eigenvalue weighted by Gasteiger charge is 2.30. The molecule has 1 aromatic heterocycles. The van der Waals surface area contributed by atoms with Crippen molar-refractivity contribution in [2.75, 3.05) is 31.1 Å². The van der Waals surface area contributed by atoms with Crippen molar-refractivity contribution in [3.05, 3.63) is 5.82 Å². The van der Waals surface area contributed by atoms with Crippen molar-refractivity contribution in [3.63, 3.8) is 0 Å². The lowest BCUT2D eigenvalue weighted by Gasteiger charge is -2.34. The van der Waals surface area contributed by atoms with E-state index in [1.54, 1.807) is 20.8 Å². The molecule has 21 heavy (non-hydrogen) atoms. The first kappa shape index (κ1) is 15.7. The fraction of sp³-hybridized carbons (Fsp3) is 0.692. The summed E-state index contributed by atoms with van der Waals surface area (Å²) in [6.07, 6.45) is 0. The van der Waals surface area contributed by atoms with Gasteiger partial charge in [-0.05, 0) is 27.7 Å². The van der Waals surface area contributed by atoms with Gasteiger partial charge in [-0.3, -0.25) is 4.79 Å². The van der Waals surface area contributed by atoms with E-state index >= 15 is 0 Å². The van der Waals surface area contributed by atoms with Crippen LogP contribution in [0.1, 0.15) is 26.6 Å². The van der Waals surface area contributed by atoms with Crippen molar-refractivity contribution in [1.82, 2.24) is 14.3 Å². The number of hydrogen-bond acceptors (Lipinski definition) is 7. The first-order chi connectivity index (χ1) is 9.76. The molecule has 2 heterocycles. The molecule has 7 nitrogen and oxygen atoms in total. The Morgan fingerprint density at radius 2 is 1.81 bits per heavy atom. The van der Waals surface area contributed by atoms with Crippen molar-refractivity contribution < 1.29 is 14.3 Å². The standard InChI is InChI=1S/C13H20N4O3S/c1-9-14-12(21-15-9)17-7-5-16(6-8-17)10(18)11(19)20-13(2,3)4/h5-8H2,1-4H3. The van der Waals surface area contributed by atoms with Gasteiger partial charge >= 0.3 is 11.9 Å². The van der Waals surface area contributed by atoms with E-state index in [-0.39, 0.29) is 0 Å². The van der Waals surface area contributed by atoms with E-state index in [2.05, 4.69) is 14.3 Å². The fourth-order valence-corrected chi connectivity index (χ4v) is 2.69. The topological polar surface area (TPSA) is 75.6 Å². The number of piperazine rings is 1. The minimum atomic E-state index is -0.789. The number of amides is 1. The molecule has 116 valence electrons. The molecule has 0 radical (unpaired) electrons. The molecule has 0 unspecified atom stereocenters. The highest BCUT2D eigenvalue weighted by Crippen LogP contribution is 2.19. The molecule has 8 heteroatoms. The van der Waals surface area contributed by atoms with Gasteiger partial charge in [0.25, 0.3) is 0 Å². The number of anilines is 1. The number of carbonyl (C=O) groups excluding carboxylic acids is 2. The lowest BCUT2D eigenvalue weighted by Crippen LogP contribution is -2.51. The molecular formula is C13H20N4O3S. The maximum absolute atomic E-state index is 12.0. The van der Waals surface area contributed by atoms with Crippen LogP contribution in [0.3, 0.4) is 0 Å². The van der Waals surface area contributed by atoms with Crippen LogP contribution in [0.2, 0.25) is 0 Å². The zero-order valence-corrected chi connectivity index (χ0v) is 13.6. The number of esters is 1. The van der Waals surface area contributed by atoms with Gasteiger partial charge in [0.2, 0.25) is 5.13 Å². The zero-order valence-electron chi connectivity index (χ0n) is 12.8. The monoisotopic (exact) mass is 312 g/mol. The smallest absolute Gasteiger partial charge is 0.397 e. The third-order valence-corrected chi connectivity index (χ3v) is 3.80. The van der Waals surface area contributed by atoms with Crippen LogP contribution in [0.5, 0.6) is 0 Å². The van der Waals surface area contributed by atoms with E-state index in [1.807, 2.05) is 6.92 Å². The quantitative estimate of drug-likeness (QED) is 0.565. The largest absolute Gasteiger partial charge is 0.453 e. The van der Waals surface area contributed by atoms with Crippen LogP contribution in [-0.2, 0) is 14.3 Å². The van der Waals surface area contributed by atoms with Gasteiger partial charge in [-0.1, -0.05) is 0 Å². The molecule has 1 aliphatic rings. The molecule has 0 bridgehead atoms. The number of rotatable bonds is 1. The van der Waals surface area contributed by atoms with Crippen LogP contribution < -0.4 is 4.90 Å². The maximum Gasteiger partial charge on any atom is 0.397 e. The number of ether oxygens (including phenoxy) is 1. The Labute approximate surface area is 128 Å². The second-order valence-electron chi connectivity index (χ2n) is 5.91. The van der Waals surface area contributed by atoms with Gasteiger partial charge < -0.3 is 14.5 Å². The molecule has 0 aliphatic carbocycles. The Kier molecular flexibility index (Phi) is 4.46. The predicted octanol–water partition coefficient (Wildman–Crippen LogP) is 0.837. The molecule has 1 fully saturated rings. The summed E-state index contributed by atoms with van der Waals surface area (Å²) < 4.78 is 9.25. The number of aryl methyl sites for hydroxylation is 1. The van der Waals surface area contributed by atoms with Gasteiger partial charge in [0, 0.05) is 37.7 Å².